The molecular weight excluding hydrogens is 352 g/mol. The minimum atomic E-state index is 0.0406. The van der Waals surface area contributed by atoms with Crippen LogP contribution in [0.5, 0.6) is 0 Å². The van der Waals surface area contributed by atoms with Gasteiger partial charge in [-0.05, 0) is 37.0 Å². The number of thiazole rings is 1. The average Bonchev–Trinajstić information content (AvgIpc) is 3.09. The van der Waals surface area contributed by atoms with Crippen LogP contribution >= 0.6 is 11.3 Å². The van der Waals surface area contributed by atoms with Crippen molar-refractivity contribution in [2.75, 3.05) is 7.05 Å². The van der Waals surface area contributed by atoms with Crippen LogP contribution in [0.4, 0.5) is 0 Å². The van der Waals surface area contributed by atoms with E-state index in [0.29, 0.717) is 6.42 Å². The molecular formula is C23H26N2OS. The molecule has 140 valence electrons. The smallest absolute Gasteiger partial charge is 0.227 e. The summed E-state index contributed by atoms with van der Waals surface area (Å²) in [5.41, 5.74) is 4.43. The zero-order valence-electron chi connectivity index (χ0n) is 16.4. The molecule has 3 nitrogen and oxygen atoms in total. The van der Waals surface area contributed by atoms with Crippen LogP contribution in [0.2, 0.25) is 0 Å². The number of aryl methyl sites for hydroxylation is 2. The van der Waals surface area contributed by atoms with Crippen molar-refractivity contribution < 1.29 is 4.79 Å². The highest BCUT2D eigenvalue weighted by atomic mass is 32.1. The second kappa shape index (κ2) is 8.49. The van der Waals surface area contributed by atoms with E-state index >= 15 is 0 Å². The summed E-state index contributed by atoms with van der Waals surface area (Å²) in [5, 5.41) is 1.13. The number of hydrogen-bond acceptors (Lipinski definition) is 3. The maximum Gasteiger partial charge on any atom is 0.227 e. The molecule has 0 saturated carbocycles. The fourth-order valence-corrected chi connectivity index (χ4v) is 4.24. The van der Waals surface area contributed by atoms with E-state index in [9.17, 15) is 4.79 Å². The third kappa shape index (κ3) is 4.45. The van der Waals surface area contributed by atoms with E-state index in [-0.39, 0.29) is 11.9 Å². The van der Waals surface area contributed by atoms with Crippen LogP contribution in [0.1, 0.15) is 41.0 Å². The summed E-state index contributed by atoms with van der Waals surface area (Å²) in [5.74, 6) is 0.126. The van der Waals surface area contributed by atoms with Gasteiger partial charge in [-0.15, -0.1) is 11.3 Å². The Balaban J connectivity index is 1.68. The van der Waals surface area contributed by atoms with Gasteiger partial charge >= 0.3 is 0 Å². The fourth-order valence-electron chi connectivity index (χ4n) is 3.14. The van der Waals surface area contributed by atoms with Gasteiger partial charge in [0.05, 0.1) is 23.2 Å². The first kappa shape index (κ1) is 19.3. The second-order valence-electron chi connectivity index (χ2n) is 6.83. The van der Waals surface area contributed by atoms with Crippen LogP contribution in [0.3, 0.4) is 0 Å². The summed E-state index contributed by atoms with van der Waals surface area (Å²) in [4.78, 5) is 20.4. The van der Waals surface area contributed by atoms with E-state index in [2.05, 4.69) is 43.1 Å². The lowest BCUT2D eigenvalue weighted by Crippen LogP contribution is -2.30. The monoisotopic (exact) mass is 378 g/mol. The largest absolute Gasteiger partial charge is 0.338 e. The third-order valence-electron chi connectivity index (χ3n) is 4.95. The molecule has 0 spiro atoms. The molecule has 0 bridgehead atoms. The molecule has 3 rings (SSSR count). The van der Waals surface area contributed by atoms with E-state index in [1.54, 1.807) is 11.3 Å². The third-order valence-corrected chi connectivity index (χ3v) is 6.42. The van der Waals surface area contributed by atoms with Gasteiger partial charge in [-0.1, -0.05) is 61.5 Å². The molecule has 1 atom stereocenters. The maximum absolute atomic E-state index is 12.8. The Labute approximate surface area is 165 Å². The zero-order chi connectivity index (χ0) is 19.4. The van der Waals surface area contributed by atoms with Gasteiger partial charge in [-0.25, -0.2) is 4.98 Å². The number of likely N-dealkylation sites (N-methyl/N-ethyl adjacent to an activating group) is 1. The topological polar surface area (TPSA) is 33.2 Å². The van der Waals surface area contributed by atoms with Gasteiger partial charge in [0.2, 0.25) is 5.91 Å². The molecule has 3 aromatic rings. The molecule has 0 unspecified atom stereocenters. The van der Waals surface area contributed by atoms with Crippen LogP contribution < -0.4 is 0 Å². The predicted octanol–water partition coefficient (Wildman–Crippen LogP) is 5.44. The van der Waals surface area contributed by atoms with E-state index in [0.717, 1.165) is 22.7 Å². The molecule has 0 saturated heterocycles. The number of nitrogens with zero attached hydrogens (tertiary/aromatic N) is 2. The highest BCUT2D eigenvalue weighted by Gasteiger charge is 2.21. The molecule has 0 aliphatic rings. The maximum atomic E-state index is 12.8. The van der Waals surface area contributed by atoms with Gasteiger partial charge < -0.3 is 4.90 Å². The van der Waals surface area contributed by atoms with Gasteiger partial charge in [0, 0.05) is 11.9 Å². The Bertz CT molecular complexity index is 900. The van der Waals surface area contributed by atoms with E-state index in [1.807, 2.05) is 49.2 Å². The van der Waals surface area contributed by atoms with Crippen molar-refractivity contribution in [2.45, 2.75) is 39.7 Å². The van der Waals surface area contributed by atoms with Crippen molar-refractivity contribution in [3.8, 4) is 11.1 Å². The minimum absolute atomic E-state index is 0.0406. The molecule has 27 heavy (non-hydrogen) atoms. The molecule has 0 aliphatic carbocycles. The van der Waals surface area contributed by atoms with Gasteiger partial charge in [-0.3, -0.25) is 4.79 Å². The summed E-state index contributed by atoms with van der Waals surface area (Å²) >= 11 is 1.71. The summed E-state index contributed by atoms with van der Waals surface area (Å²) in [7, 11) is 1.89. The van der Waals surface area contributed by atoms with E-state index in [4.69, 9.17) is 0 Å². The van der Waals surface area contributed by atoms with Crippen molar-refractivity contribution in [1.82, 2.24) is 9.88 Å². The van der Waals surface area contributed by atoms with Crippen LogP contribution in [0.15, 0.2) is 54.6 Å². The number of hydrogen-bond donors (Lipinski definition) is 0. The second-order valence-corrected chi connectivity index (χ2v) is 7.95. The SMILES string of the molecule is CCc1nc(C)c([C@H](C)N(C)C(=O)Cc2ccc(-c3ccccc3)cc2)s1. The Hall–Kier alpha value is -2.46. The van der Waals surface area contributed by atoms with Crippen LogP contribution in [-0.2, 0) is 17.6 Å². The Morgan fingerprint density at radius 1 is 1.07 bits per heavy atom. The lowest BCUT2D eigenvalue weighted by atomic mass is 10.0. The van der Waals surface area contributed by atoms with Crippen molar-refractivity contribution in [3.05, 3.63) is 75.7 Å². The van der Waals surface area contributed by atoms with Crippen molar-refractivity contribution in [1.29, 1.82) is 0 Å². The number of rotatable bonds is 6. The fraction of sp³-hybridized carbons (Fsp3) is 0.304. The minimum Gasteiger partial charge on any atom is -0.338 e. The molecule has 0 aliphatic heterocycles. The van der Waals surface area contributed by atoms with Crippen LogP contribution in [-0.4, -0.2) is 22.8 Å². The van der Waals surface area contributed by atoms with Gasteiger partial charge in [0.1, 0.15) is 0 Å². The van der Waals surface area contributed by atoms with Gasteiger partial charge in [-0.2, -0.15) is 0 Å². The number of aromatic nitrogens is 1. The van der Waals surface area contributed by atoms with Gasteiger partial charge in [0.15, 0.2) is 0 Å². The zero-order valence-corrected chi connectivity index (χ0v) is 17.2. The first-order valence-electron chi connectivity index (χ1n) is 9.35. The summed E-state index contributed by atoms with van der Waals surface area (Å²) < 4.78 is 0. The van der Waals surface area contributed by atoms with Crippen LogP contribution in [0, 0.1) is 6.92 Å². The molecule has 0 radical (unpaired) electrons. The number of carbonyl (C=O) groups excluding carboxylic acids is 1. The standard InChI is InChI=1S/C23H26N2OS/c1-5-21-24-16(2)23(27-21)17(3)25(4)22(26)15-18-11-13-20(14-12-18)19-9-7-6-8-10-19/h6-14,17H,5,15H2,1-4H3/t17-/m0/s1. The Kier molecular flexibility index (Phi) is 6.07. The molecule has 1 heterocycles. The predicted molar refractivity (Wildman–Crippen MR) is 113 cm³/mol. The normalized spacial score (nSPS) is 12.0. The Morgan fingerprint density at radius 2 is 1.70 bits per heavy atom. The molecule has 1 aromatic heterocycles. The number of benzene rings is 2. The summed E-state index contributed by atoms with van der Waals surface area (Å²) in [6.45, 7) is 6.22. The number of amides is 1. The van der Waals surface area contributed by atoms with Gasteiger partial charge in [0.25, 0.3) is 0 Å². The average molecular weight is 379 g/mol. The molecule has 0 N–H and O–H groups in total. The molecule has 1 amide bonds. The van der Waals surface area contributed by atoms with E-state index < -0.39 is 0 Å². The first-order chi connectivity index (χ1) is 13.0. The lowest BCUT2D eigenvalue weighted by Gasteiger charge is -2.24. The van der Waals surface area contributed by atoms with Crippen molar-refractivity contribution in [3.63, 3.8) is 0 Å². The highest BCUT2D eigenvalue weighted by molar-refractivity contribution is 7.11. The Morgan fingerprint density at radius 3 is 2.30 bits per heavy atom. The molecule has 0 fully saturated rings. The number of carbonyl (C=O) groups is 1. The first-order valence-corrected chi connectivity index (χ1v) is 10.2. The summed E-state index contributed by atoms with van der Waals surface area (Å²) in [6, 6.07) is 18.6. The van der Waals surface area contributed by atoms with Crippen molar-refractivity contribution in [2.24, 2.45) is 0 Å². The van der Waals surface area contributed by atoms with Crippen molar-refractivity contribution >= 4 is 17.2 Å². The van der Waals surface area contributed by atoms with E-state index in [1.165, 1.54) is 16.0 Å². The lowest BCUT2D eigenvalue weighted by molar-refractivity contribution is -0.131. The highest BCUT2D eigenvalue weighted by Crippen LogP contribution is 2.29. The quantitative estimate of drug-likeness (QED) is 0.572. The molecule has 4 heteroatoms. The summed E-state index contributed by atoms with van der Waals surface area (Å²) in [6.07, 6.45) is 1.35. The van der Waals surface area contributed by atoms with Crippen LogP contribution in [0.25, 0.3) is 11.1 Å². The molecule has 2 aromatic carbocycles.